The second-order valence-corrected chi connectivity index (χ2v) is 6.06. The first-order valence-corrected chi connectivity index (χ1v) is 7.84. The van der Waals surface area contributed by atoms with E-state index in [1.807, 2.05) is 11.8 Å². The zero-order valence-electron chi connectivity index (χ0n) is 13.3. The van der Waals surface area contributed by atoms with Gasteiger partial charge in [-0.15, -0.1) is 0 Å². The minimum atomic E-state index is -4.43. The van der Waals surface area contributed by atoms with Gasteiger partial charge in [0.25, 0.3) is 5.91 Å². The Morgan fingerprint density at radius 2 is 2.00 bits per heavy atom. The molecule has 3 rings (SSSR count). The summed E-state index contributed by atoms with van der Waals surface area (Å²) in [4.78, 5) is 20.7. The van der Waals surface area contributed by atoms with Crippen LogP contribution in [0.4, 0.5) is 13.2 Å². The van der Waals surface area contributed by atoms with Crippen molar-refractivity contribution in [3.05, 3.63) is 52.6 Å². The Kier molecular flexibility index (Phi) is 4.34. The number of hydrogen-bond donors (Lipinski definition) is 1. The lowest BCUT2D eigenvalue weighted by Crippen LogP contribution is -2.27. The normalized spacial score (nSPS) is 15.1. The predicted octanol–water partition coefficient (Wildman–Crippen LogP) is 3.56. The maximum Gasteiger partial charge on any atom is 0.433 e. The molecule has 0 saturated carbocycles. The number of hydrogen-bond acceptors (Lipinski definition) is 2. The molecule has 1 N–H and O–H groups in total. The van der Waals surface area contributed by atoms with Crippen LogP contribution >= 0.6 is 0 Å². The van der Waals surface area contributed by atoms with Crippen molar-refractivity contribution in [3.63, 3.8) is 0 Å². The first kappa shape index (κ1) is 16.5. The van der Waals surface area contributed by atoms with Crippen LogP contribution in [0.25, 0.3) is 0 Å². The van der Waals surface area contributed by atoms with Gasteiger partial charge in [0, 0.05) is 31.4 Å². The molecule has 1 amide bonds. The number of aryl methyl sites for hydroxylation is 1. The second-order valence-electron chi connectivity index (χ2n) is 6.06. The van der Waals surface area contributed by atoms with Gasteiger partial charge in [0.2, 0.25) is 0 Å². The average molecular weight is 337 g/mol. The number of likely N-dealkylation sites (tertiary alicyclic amines) is 1. The number of pyridine rings is 1. The van der Waals surface area contributed by atoms with E-state index in [9.17, 15) is 18.0 Å². The van der Waals surface area contributed by atoms with E-state index in [4.69, 9.17) is 0 Å². The molecule has 3 heterocycles. The maximum absolute atomic E-state index is 12.5. The third kappa shape index (κ3) is 3.44. The highest BCUT2D eigenvalue weighted by Gasteiger charge is 2.32. The third-order valence-electron chi connectivity index (χ3n) is 4.26. The Labute approximate surface area is 137 Å². The molecule has 1 aliphatic rings. The molecule has 128 valence electrons. The number of H-pyrrole nitrogens is 1. The summed E-state index contributed by atoms with van der Waals surface area (Å²) in [6.45, 7) is 3.40. The van der Waals surface area contributed by atoms with E-state index in [0.717, 1.165) is 43.3 Å². The van der Waals surface area contributed by atoms with Crippen LogP contribution in [0.5, 0.6) is 0 Å². The molecule has 7 heteroatoms. The molecule has 4 nitrogen and oxygen atoms in total. The molecule has 1 fully saturated rings. The lowest BCUT2D eigenvalue weighted by molar-refractivity contribution is -0.141. The van der Waals surface area contributed by atoms with E-state index < -0.39 is 11.9 Å². The fraction of sp³-hybridized carbons (Fsp3) is 0.412. The number of nitrogens with zero attached hydrogens (tertiary/aromatic N) is 2. The van der Waals surface area contributed by atoms with Crippen LogP contribution in [0.3, 0.4) is 0 Å². The van der Waals surface area contributed by atoms with E-state index in [1.54, 1.807) is 6.07 Å². The molecular weight excluding hydrogens is 319 g/mol. The van der Waals surface area contributed by atoms with Gasteiger partial charge < -0.3 is 9.88 Å². The smallest absolute Gasteiger partial charge is 0.354 e. The van der Waals surface area contributed by atoms with E-state index in [1.165, 1.54) is 12.3 Å². The fourth-order valence-electron chi connectivity index (χ4n) is 2.91. The number of nitrogens with one attached hydrogen (secondary N) is 1. The van der Waals surface area contributed by atoms with Crippen molar-refractivity contribution in [3.8, 4) is 0 Å². The molecule has 1 aliphatic heterocycles. The number of alkyl halides is 3. The summed E-state index contributed by atoms with van der Waals surface area (Å²) in [5.74, 6) is -0.0209. The summed E-state index contributed by atoms with van der Waals surface area (Å²) < 4.78 is 37.6. The molecule has 2 aromatic heterocycles. The largest absolute Gasteiger partial charge is 0.433 e. The highest BCUT2D eigenvalue weighted by Crippen LogP contribution is 2.27. The van der Waals surface area contributed by atoms with Gasteiger partial charge in [-0.25, -0.2) is 0 Å². The second kappa shape index (κ2) is 6.30. The summed E-state index contributed by atoms with van der Waals surface area (Å²) in [7, 11) is 0. The Bertz CT molecular complexity index is 729. The van der Waals surface area contributed by atoms with Gasteiger partial charge in [0.05, 0.1) is 0 Å². The van der Waals surface area contributed by atoms with Crippen molar-refractivity contribution in [2.24, 2.45) is 0 Å². The zero-order valence-corrected chi connectivity index (χ0v) is 13.3. The Morgan fingerprint density at radius 1 is 1.29 bits per heavy atom. The van der Waals surface area contributed by atoms with Crippen LogP contribution in [-0.2, 0) is 12.6 Å². The van der Waals surface area contributed by atoms with Gasteiger partial charge >= 0.3 is 6.18 Å². The maximum atomic E-state index is 12.5. The van der Waals surface area contributed by atoms with Crippen LogP contribution in [0, 0.1) is 6.92 Å². The number of amides is 1. The van der Waals surface area contributed by atoms with E-state index in [0.29, 0.717) is 17.7 Å². The number of carbonyl (C=O) groups is 1. The Morgan fingerprint density at radius 3 is 2.58 bits per heavy atom. The fourth-order valence-corrected chi connectivity index (χ4v) is 2.91. The summed E-state index contributed by atoms with van der Waals surface area (Å²) >= 11 is 0. The van der Waals surface area contributed by atoms with Crippen molar-refractivity contribution in [2.75, 3.05) is 13.1 Å². The zero-order chi connectivity index (χ0) is 17.3. The standard InChI is InChI=1S/C17H18F3N3O/c1-11-13(8-12-4-5-15(21-10-12)17(18,19)20)9-14(22-11)16(24)23-6-2-3-7-23/h4-5,9-10,22H,2-3,6-8H2,1H3. The van der Waals surface area contributed by atoms with Gasteiger partial charge in [-0.2, -0.15) is 13.2 Å². The molecular formula is C17H18F3N3O. The molecule has 24 heavy (non-hydrogen) atoms. The average Bonchev–Trinajstić information content (AvgIpc) is 3.17. The summed E-state index contributed by atoms with van der Waals surface area (Å²) in [5, 5.41) is 0. The molecule has 0 aliphatic carbocycles. The molecule has 0 aromatic carbocycles. The molecule has 1 saturated heterocycles. The molecule has 0 radical (unpaired) electrons. The third-order valence-corrected chi connectivity index (χ3v) is 4.26. The van der Waals surface area contributed by atoms with Crippen LogP contribution in [0.1, 0.15) is 45.8 Å². The van der Waals surface area contributed by atoms with Gasteiger partial charge in [0.1, 0.15) is 11.4 Å². The van der Waals surface area contributed by atoms with E-state index in [2.05, 4.69) is 9.97 Å². The van der Waals surface area contributed by atoms with Crippen LogP contribution < -0.4 is 0 Å². The van der Waals surface area contributed by atoms with Crippen molar-refractivity contribution in [1.29, 1.82) is 0 Å². The minimum absolute atomic E-state index is 0.0209. The van der Waals surface area contributed by atoms with Crippen molar-refractivity contribution in [2.45, 2.75) is 32.4 Å². The summed E-state index contributed by atoms with van der Waals surface area (Å²) in [6, 6.07) is 4.19. The van der Waals surface area contributed by atoms with E-state index >= 15 is 0 Å². The summed E-state index contributed by atoms with van der Waals surface area (Å²) in [5.41, 5.74) is 2.04. The molecule has 2 aromatic rings. The van der Waals surface area contributed by atoms with Gasteiger partial charge in [-0.1, -0.05) is 6.07 Å². The molecule has 0 atom stereocenters. The van der Waals surface area contributed by atoms with Crippen molar-refractivity contribution in [1.82, 2.24) is 14.9 Å². The minimum Gasteiger partial charge on any atom is -0.354 e. The predicted molar refractivity (Wildman–Crippen MR) is 82.7 cm³/mol. The number of halogens is 3. The lowest BCUT2D eigenvalue weighted by atomic mass is 10.1. The SMILES string of the molecule is Cc1[nH]c(C(=O)N2CCCC2)cc1Cc1ccc(C(F)(F)F)nc1. The van der Waals surface area contributed by atoms with Crippen LogP contribution in [-0.4, -0.2) is 33.9 Å². The summed E-state index contributed by atoms with van der Waals surface area (Å²) in [6.07, 6.45) is -0.721. The van der Waals surface area contributed by atoms with Gasteiger partial charge in [-0.3, -0.25) is 9.78 Å². The topological polar surface area (TPSA) is 49.0 Å². The molecule has 0 spiro atoms. The lowest BCUT2D eigenvalue weighted by Gasteiger charge is -2.13. The first-order chi connectivity index (χ1) is 11.3. The Balaban J connectivity index is 1.74. The monoisotopic (exact) mass is 337 g/mol. The number of aromatic nitrogens is 2. The molecule has 0 bridgehead atoms. The molecule has 0 unspecified atom stereocenters. The van der Waals surface area contributed by atoms with Crippen molar-refractivity contribution < 1.29 is 18.0 Å². The van der Waals surface area contributed by atoms with Gasteiger partial charge in [0.15, 0.2) is 0 Å². The highest BCUT2D eigenvalue weighted by molar-refractivity contribution is 5.93. The number of aromatic amines is 1. The number of rotatable bonds is 3. The quantitative estimate of drug-likeness (QED) is 0.931. The van der Waals surface area contributed by atoms with Crippen molar-refractivity contribution >= 4 is 5.91 Å². The first-order valence-electron chi connectivity index (χ1n) is 7.84. The highest BCUT2D eigenvalue weighted by atomic mass is 19.4. The van der Waals surface area contributed by atoms with Crippen LogP contribution in [0.2, 0.25) is 0 Å². The Hall–Kier alpha value is -2.31. The van der Waals surface area contributed by atoms with E-state index in [-0.39, 0.29) is 5.91 Å². The number of carbonyl (C=O) groups excluding carboxylic acids is 1. The van der Waals surface area contributed by atoms with Crippen LogP contribution in [0.15, 0.2) is 24.4 Å². The van der Waals surface area contributed by atoms with Gasteiger partial charge in [-0.05, 0) is 43.0 Å².